The Morgan fingerprint density at radius 3 is 2.68 bits per heavy atom. The number of rotatable bonds is 2. The van der Waals surface area contributed by atoms with Crippen LogP contribution in [0.3, 0.4) is 0 Å². The van der Waals surface area contributed by atoms with Gasteiger partial charge in [0.15, 0.2) is 0 Å². The molecule has 1 aromatic rings. The van der Waals surface area contributed by atoms with Gasteiger partial charge in [-0.05, 0) is 24.6 Å². The monoisotopic (exact) mass is 283 g/mol. The summed E-state index contributed by atoms with van der Waals surface area (Å²) in [5.41, 5.74) is 1.79. The molecule has 0 aliphatic carbocycles. The molecule has 0 spiro atoms. The lowest BCUT2D eigenvalue weighted by molar-refractivity contribution is -0.119. The van der Waals surface area contributed by atoms with Crippen molar-refractivity contribution in [3.05, 3.63) is 29.8 Å². The third-order valence-electron chi connectivity index (χ3n) is 3.16. The normalized spacial score (nSPS) is 22.4. The molecule has 0 aromatic heterocycles. The molecule has 6 nitrogen and oxygen atoms in total. The van der Waals surface area contributed by atoms with Crippen molar-refractivity contribution in [2.45, 2.75) is 13.0 Å². The first-order valence-corrected chi connectivity index (χ1v) is 7.33. The number of nitrogens with zero attached hydrogens (tertiary/aromatic N) is 2. The summed E-state index contributed by atoms with van der Waals surface area (Å²) in [5.74, 6) is -0.265. The Morgan fingerprint density at radius 2 is 2.16 bits per heavy atom. The zero-order valence-electron chi connectivity index (χ0n) is 11.1. The SMILES string of the molecule is Cc1cccc(N(C)C(=O)[C@@H]2CN(C)S(=O)(=O)N2)c1. The van der Waals surface area contributed by atoms with Crippen LogP contribution in [0.4, 0.5) is 5.69 Å². The van der Waals surface area contributed by atoms with Gasteiger partial charge < -0.3 is 4.90 Å². The minimum atomic E-state index is -3.51. The minimum Gasteiger partial charge on any atom is -0.314 e. The molecule has 1 N–H and O–H groups in total. The topological polar surface area (TPSA) is 69.7 Å². The number of hydrogen-bond donors (Lipinski definition) is 1. The van der Waals surface area contributed by atoms with E-state index in [4.69, 9.17) is 0 Å². The Labute approximate surface area is 113 Å². The quantitative estimate of drug-likeness (QED) is 0.837. The summed E-state index contributed by atoms with van der Waals surface area (Å²) < 4.78 is 26.6. The molecular formula is C12H17N3O3S. The Morgan fingerprint density at radius 1 is 1.47 bits per heavy atom. The van der Waals surface area contributed by atoms with Crippen molar-refractivity contribution in [3.8, 4) is 0 Å². The smallest absolute Gasteiger partial charge is 0.280 e. The zero-order chi connectivity index (χ0) is 14.2. The van der Waals surface area contributed by atoms with Crippen molar-refractivity contribution >= 4 is 21.8 Å². The van der Waals surface area contributed by atoms with E-state index in [2.05, 4.69) is 4.72 Å². The highest BCUT2D eigenvalue weighted by Crippen LogP contribution is 2.17. The van der Waals surface area contributed by atoms with Gasteiger partial charge >= 0.3 is 0 Å². The number of benzene rings is 1. The molecule has 1 heterocycles. The maximum atomic E-state index is 12.3. The van der Waals surface area contributed by atoms with Crippen molar-refractivity contribution in [2.75, 3.05) is 25.5 Å². The van der Waals surface area contributed by atoms with E-state index in [1.165, 1.54) is 11.9 Å². The van der Waals surface area contributed by atoms with E-state index in [9.17, 15) is 13.2 Å². The van der Waals surface area contributed by atoms with Crippen molar-refractivity contribution in [1.29, 1.82) is 0 Å². The summed E-state index contributed by atoms with van der Waals surface area (Å²) in [7, 11) is -0.418. The van der Waals surface area contributed by atoms with Crippen LogP contribution < -0.4 is 9.62 Å². The summed E-state index contributed by atoms with van der Waals surface area (Å²) in [6.07, 6.45) is 0. The summed E-state index contributed by atoms with van der Waals surface area (Å²) in [5, 5.41) is 0. The van der Waals surface area contributed by atoms with E-state index < -0.39 is 16.3 Å². The molecule has 1 amide bonds. The fourth-order valence-corrected chi connectivity index (χ4v) is 3.05. The second-order valence-electron chi connectivity index (χ2n) is 4.69. The fourth-order valence-electron chi connectivity index (χ4n) is 1.99. The van der Waals surface area contributed by atoms with Crippen LogP contribution in [-0.2, 0) is 15.0 Å². The van der Waals surface area contributed by atoms with Gasteiger partial charge in [-0.1, -0.05) is 12.1 Å². The minimum absolute atomic E-state index is 0.150. The summed E-state index contributed by atoms with van der Waals surface area (Å²) in [6, 6.07) is 6.76. The lowest BCUT2D eigenvalue weighted by atomic mass is 10.2. The molecule has 1 aliphatic heterocycles. The first-order valence-electron chi connectivity index (χ1n) is 5.89. The van der Waals surface area contributed by atoms with E-state index in [-0.39, 0.29) is 12.5 Å². The highest BCUT2D eigenvalue weighted by atomic mass is 32.2. The number of aryl methyl sites for hydroxylation is 1. The molecule has 0 bridgehead atoms. The predicted octanol–water partition coefficient (Wildman–Crippen LogP) is 0.106. The van der Waals surface area contributed by atoms with Crippen LogP contribution in [0, 0.1) is 6.92 Å². The van der Waals surface area contributed by atoms with Crippen LogP contribution >= 0.6 is 0 Å². The van der Waals surface area contributed by atoms with E-state index in [0.29, 0.717) is 0 Å². The highest BCUT2D eigenvalue weighted by molar-refractivity contribution is 7.87. The molecule has 0 radical (unpaired) electrons. The largest absolute Gasteiger partial charge is 0.314 e. The van der Waals surface area contributed by atoms with Crippen LogP contribution in [0.5, 0.6) is 0 Å². The molecule has 0 unspecified atom stereocenters. The number of likely N-dealkylation sites (N-methyl/N-ethyl adjacent to an activating group) is 2. The van der Waals surface area contributed by atoms with E-state index in [0.717, 1.165) is 15.6 Å². The Balaban J connectivity index is 2.17. The molecular weight excluding hydrogens is 266 g/mol. The van der Waals surface area contributed by atoms with Gasteiger partial charge in [0, 0.05) is 26.3 Å². The molecule has 1 aliphatic rings. The molecule has 2 rings (SSSR count). The Kier molecular flexibility index (Phi) is 3.62. The van der Waals surface area contributed by atoms with Gasteiger partial charge in [0.25, 0.3) is 10.2 Å². The number of hydrogen-bond acceptors (Lipinski definition) is 3. The van der Waals surface area contributed by atoms with Crippen LogP contribution in [0.25, 0.3) is 0 Å². The first-order chi connectivity index (χ1) is 8.81. The molecule has 7 heteroatoms. The Bertz CT molecular complexity index is 600. The summed E-state index contributed by atoms with van der Waals surface area (Å²) >= 11 is 0. The second kappa shape index (κ2) is 4.92. The maximum absolute atomic E-state index is 12.3. The third kappa shape index (κ3) is 2.78. The van der Waals surface area contributed by atoms with Gasteiger partial charge in [0.05, 0.1) is 0 Å². The van der Waals surface area contributed by atoms with Crippen molar-refractivity contribution in [3.63, 3.8) is 0 Å². The van der Waals surface area contributed by atoms with Crippen LogP contribution in [0.2, 0.25) is 0 Å². The zero-order valence-corrected chi connectivity index (χ0v) is 11.9. The second-order valence-corrected chi connectivity index (χ2v) is 6.50. The van der Waals surface area contributed by atoms with Crippen LogP contribution in [0.15, 0.2) is 24.3 Å². The molecule has 1 atom stereocenters. The van der Waals surface area contributed by atoms with Crippen molar-refractivity contribution < 1.29 is 13.2 Å². The number of carbonyl (C=O) groups excluding carboxylic acids is 1. The van der Waals surface area contributed by atoms with E-state index in [1.54, 1.807) is 7.05 Å². The van der Waals surface area contributed by atoms with Gasteiger partial charge in [-0.25, -0.2) is 0 Å². The standard InChI is InChI=1S/C12H17N3O3S/c1-9-5-4-6-10(7-9)15(3)12(16)11-8-14(2)19(17,18)13-11/h4-7,11,13H,8H2,1-3H3/t11-/m0/s1. The molecule has 104 valence electrons. The lowest BCUT2D eigenvalue weighted by Gasteiger charge is -2.20. The van der Waals surface area contributed by atoms with Crippen molar-refractivity contribution in [2.24, 2.45) is 0 Å². The average Bonchev–Trinajstić information content (AvgIpc) is 2.62. The fraction of sp³-hybridized carbons (Fsp3) is 0.417. The molecule has 19 heavy (non-hydrogen) atoms. The van der Waals surface area contributed by atoms with E-state index >= 15 is 0 Å². The van der Waals surface area contributed by atoms with Crippen LogP contribution in [0.1, 0.15) is 5.56 Å². The van der Waals surface area contributed by atoms with Gasteiger partial charge in [0.2, 0.25) is 5.91 Å². The maximum Gasteiger partial charge on any atom is 0.280 e. The highest BCUT2D eigenvalue weighted by Gasteiger charge is 2.38. The number of nitrogens with one attached hydrogen (secondary N) is 1. The van der Waals surface area contributed by atoms with Gasteiger partial charge in [0.1, 0.15) is 6.04 Å². The number of carbonyl (C=O) groups is 1. The summed E-state index contributed by atoms with van der Waals surface area (Å²) in [6.45, 7) is 2.09. The third-order valence-corrected chi connectivity index (χ3v) is 4.71. The van der Waals surface area contributed by atoms with Gasteiger partial charge in [-0.15, -0.1) is 0 Å². The molecule has 1 fully saturated rings. The number of anilines is 1. The average molecular weight is 283 g/mol. The first kappa shape index (κ1) is 14.0. The predicted molar refractivity (Wildman–Crippen MR) is 73.1 cm³/mol. The van der Waals surface area contributed by atoms with E-state index in [1.807, 2.05) is 31.2 Å². The Hall–Kier alpha value is -1.44. The number of amides is 1. The molecule has 1 aromatic carbocycles. The summed E-state index contributed by atoms with van der Waals surface area (Å²) in [4.78, 5) is 13.7. The van der Waals surface area contributed by atoms with Crippen LogP contribution in [-0.4, -0.2) is 45.3 Å². The van der Waals surface area contributed by atoms with Gasteiger partial charge in [-0.3, -0.25) is 4.79 Å². The lowest BCUT2D eigenvalue weighted by Crippen LogP contribution is -2.44. The molecule has 1 saturated heterocycles. The van der Waals surface area contributed by atoms with Gasteiger partial charge in [-0.2, -0.15) is 17.4 Å². The van der Waals surface area contributed by atoms with Crippen molar-refractivity contribution in [1.82, 2.24) is 9.03 Å². The molecule has 0 saturated carbocycles.